The molecule has 5 nitrogen and oxygen atoms in total. The van der Waals surface area contributed by atoms with Gasteiger partial charge in [-0.05, 0) is 41.8 Å². The maximum Gasteiger partial charge on any atom is 0.321 e. The van der Waals surface area contributed by atoms with Crippen LogP contribution >= 0.6 is 0 Å². The van der Waals surface area contributed by atoms with Crippen LogP contribution in [0.3, 0.4) is 0 Å². The first kappa shape index (κ1) is 18.8. The SMILES string of the molecule is CC(=O)N1CC[C@@H](N(C)C(=O)Nc2ccc(-c3cc(F)cc(F)c3)cc2)C1. The largest absolute Gasteiger partial charge is 0.341 e. The normalized spacial score (nSPS) is 16.3. The fraction of sp³-hybridized carbons (Fsp3) is 0.300. The zero-order valence-electron chi connectivity index (χ0n) is 15.2. The van der Waals surface area contributed by atoms with Crippen molar-refractivity contribution < 1.29 is 18.4 Å². The van der Waals surface area contributed by atoms with E-state index in [-0.39, 0.29) is 18.0 Å². The standard InChI is InChI=1S/C20H21F2N3O2/c1-13(26)25-8-7-19(12-25)24(2)20(27)23-18-5-3-14(4-6-18)15-9-16(21)11-17(22)10-15/h3-6,9-11,19H,7-8,12H2,1-2H3,(H,23,27)/t19-/m1/s1. The van der Waals surface area contributed by atoms with E-state index in [4.69, 9.17) is 0 Å². The van der Waals surface area contributed by atoms with Crippen LogP contribution in [0.25, 0.3) is 11.1 Å². The smallest absolute Gasteiger partial charge is 0.321 e. The Balaban J connectivity index is 1.64. The van der Waals surface area contributed by atoms with Crippen LogP contribution < -0.4 is 5.32 Å². The minimum atomic E-state index is -0.639. The number of hydrogen-bond donors (Lipinski definition) is 1. The Morgan fingerprint density at radius 1 is 1.07 bits per heavy atom. The molecule has 27 heavy (non-hydrogen) atoms. The van der Waals surface area contributed by atoms with Crippen molar-refractivity contribution in [3.63, 3.8) is 0 Å². The average molecular weight is 373 g/mol. The quantitative estimate of drug-likeness (QED) is 0.892. The van der Waals surface area contributed by atoms with E-state index >= 15 is 0 Å². The highest BCUT2D eigenvalue weighted by Crippen LogP contribution is 2.24. The lowest BCUT2D eigenvalue weighted by molar-refractivity contribution is -0.127. The Labute approximate surface area is 156 Å². The van der Waals surface area contributed by atoms with Gasteiger partial charge in [-0.2, -0.15) is 0 Å². The van der Waals surface area contributed by atoms with Crippen molar-refractivity contribution in [1.29, 1.82) is 0 Å². The minimum absolute atomic E-state index is 0.00989. The molecule has 2 aromatic carbocycles. The molecule has 0 saturated carbocycles. The topological polar surface area (TPSA) is 52.7 Å². The zero-order chi connectivity index (χ0) is 19.6. The third-order valence-electron chi connectivity index (χ3n) is 4.81. The van der Waals surface area contributed by atoms with Gasteiger partial charge in [-0.3, -0.25) is 4.79 Å². The third kappa shape index (κ3) is 4.42. The van der Waals surface area contributed by atoms with Gasteiger partial charge in [-0.1, -0.05) is 12.1 Å². The molecule has 7 heteroatoms. The van der Waals surface area contributed by atoms with Gasteiger partial charge in [-0.15, -0.1) is 0 Å². The van der Waals surface area contributed by atoms with E-state index < -0.39 is 11.6 Å². The molecule has 1 heterocycles. The summed E-state index contributed by atoms with van der Waals surface area (Å²) in [5, 5.41) is 2.80. The molecule has 142 valence electrons. The second kappa shape index (κ2) is 7.73. The predicted octanol–water partition coefficient (Wildman–Crippen LogP) is 3.72. The lowest BCUT2D eigenvalue weighted by Gasteiger charge is -2.25. The number of likely N-dealkylation sites (tertiary alicyclic amines) is 1. The van der Waals surface area contributed by atoms with Crippen molar-refractivity contribution in [3.8, 4) is 11.1 Å². The van der Waals surface area contributed by atoms with Gasteiger partial charge < -0.3 is 15.1 Å². The van der Waals surface area contributed by atoms with E-state index in [0.29, 0.717) is 29.9 Å². The van der Waals surface area contributed by atoms with Crippen LogP contribution in [0.4, 0.5) is 19.3 Å². The van der Waals surface area contributed by atoms with Gasteiger partial charge in [0.25, 0.3) is 0 Å². The molecule has 1 saturated heterocycles. The number of benzene rings is 2. The van der Waals surface area contributed by atoms with Crippen LogP contribution in [0.15, 0.2) is 42.5 Å². The van der Waals surface area contributed by atoms with E-state index in [1.54, 1.807) is 41.1 Å². The number of urea groups is 1. The number of likely N-dealkylation sites (N-methyl/N-ethyl adjacent to an activating group) is 1. The maximum atomic E-state index is 13.4. The second-order valence-electron chi connectivity index (χ2n) is 6.68. The van der Waals surface area contributed by atoms with Gasteiger partial charge in [0.1, 0.15) is 11.6 Å². The summed E-state index contributed by atoms with van der Waals surface area (Å²) in [5.74, 6) is -1.27. The number of hydrogen-bond acceptors (Lipinski definition) is 2. The molecular formula is C20H21F2N3O2. The summed E-state index contributed by atoms with van der Waals surface area (Å²) in [4.78, 5) is 27.2. The number of amides is 3. The van der Waals surface area contributed by atoms with Crippen LogP contribution in [0.2, 0.25) is 0 Å². The van der Waals surface area contributed by atoms with Crippen molar-refractivity contribution in [1.82, 2.24) is 9.80 Å². The number of carbonyl (C=O) groups excluding carboxylic acids is 2. The van der Waals surface area contributed by atoms with Crippen molar-refractivity contribution >= 4 is 17.6 Å². The van der Waals surface area contributed by atoms with Gasteiger partial charge in [-0.25, -0.2) is 13.6 Å². The first-order valence-corrected chi connectivity index (χ1v) is 8.69. The number of nitrogens with one attached hydrogen (secondary N) is 1. The first-order chi connectivity index (χ1) is 12.8. The second-order valence-corrected chi connectivity index (χ2v) is 6.68. The molecule has 1 aliphatic rings. The van der Waals surface area contributed by atoms with Crippen LogP contribution in [0, 0.1) is 11.6 Å². The van der Waals surface area contributed by atoms with E-state index in [9.17, 15) is 18.4 Å². The molecule has 0 aliphatic carbocycles. The highest BCUT2D eigenvalue weighted by atomic mass is 19.1. The van der Waals surface area contributed by atoms with E-state index in [0.717, 1.165) is 12.5 Å². The molecule has 1 aliphatic heterocycles. The average Bonchev–Trinajstić information content (AvgIpc) is 3.11. The lowest BCUT2D eigenvalue weighted by atomic mass is 10.1. The van der Waals surface area contributed by atoms with Crippen LogP contribution in [-0.4, -0.2) is 47.9 Å². The molecule has 3 amide bonds. The molecule has 0 spiro atoms. The fourth-order valence-electron chi connectivity index (χ4n) is 3.19. The van der Waals surface area contributed by atoms with Crippen molar-refractivity contribution in [2.45, 2.75) is 19.4 Å². The summed E-state index contributed by atoms with van der Waals surface area (Å²) in [6.07, 6.45) is 0.744. The van der Waals surface area contributed by atoms with E-state index in [1.807, 2.05) is 0 Å². The number of anilines is 1. The molecule has 1 fully saturated rings. The molecular weight excluding hydrogens is 352 g/mol. The Kier molecular flexibility index (Phi) is 5.39. The number of rotatable bonds is 3. The van der Waals surface area contributed by atoms with Gasteiger partial charge in [0.05, 0.1) is 6.04 Å². The first-order valence-electron chi connectivity index (χ1n) is 8.69. The predicted molar refractivity (Wildman–Crippen MR) is 99.2 cm³/mol. The van der Waals surface area contributed by atoms with Crippen LogP contribution in [-0.2, 0) is 4.79 Å². The summed E-state index contributed by atoms with van der Waals surface area (Å²) in [6, 6.07) is 9.79. The van der Waals surface area contributed by atoms with Gasteiger partial charge >= 0.3 is 6.03 Å². The van der Waals surface area contributed by atoms with Crippen molar-refractivity contribution in [2.24, 2.45) is 0 Å². The molecule has 0 unspecified atom stereocenters. The monoisotopic (exact) mass is 373 g/mol. The molecule has 2 aromatic rings. The lowest BCUT2D eigenvalue weighted by Crippen LogP contribution is -2.41. The molecule has 0 aromatic heterocycles. The van der Waals surface area contributed by atoms with Crippen LogP contribution in [0.5, 0.6) is 0 Å². The van der Waals surface area contributed by atoms with Gasteiger partial charge in [0.2, 0.25) is 5.91 Å². The Hall–Kier alpha value is -2.96. The van der Waals surface area contributed by atoms with E-state index in [2.05, 4.69) is 5.32 Å². The molecule has 1 N–H and O–H groups in total. The summed E-state index contributed by atoms with van der Waals surface area (Å²) >= 11 is 0. The third-order valence-corrected chi connectivity index (χ3v) is 4.81. The summed E-state index contributed by atoms with van der Waals surface area (Å²) in [6.45, 7) is 2.70. The van der Waals surface area contributed by atoms with E-state index in [1.165, 1.54) is 19.1 Å². The summed E-state index contributed by atoms with van der Waals surface area (Å²) < 4.78 is 26.7. The number of halogens is 2. The Morgan fingerprint density at radius 2 is 1.70 bits per heavy atom. The fourth-order valence-corrected chi connectivity index (χ4v) is 3.19. The molecule has 3 rings (SSSR count). The van der Waals surface area contributed by atoms with Crippen LogP contribution in [0.1, 0.15) is 13.3 Å². The molecule has 0 radical (unpaired) electrons. The maximum absolute atomic E-state index is 13.4. The summed E-state index contributed by atoms with van der Waals surface area (Å²) in [7, 11) is 1.70. The van der Waals surface area contributed by atoms with Gasteiger partial charge in [0.15, 0.2) is 0 Å². The Bertz CT molecular complexity index is 835. The highest BCUT2D eigenvalue weighted by molar-refractivity contribution is 5.89. The highest BCUT2D eigenvalue weighted by Gasteiger charge is 2.29. The number of nitrogens with zero attached hydrogens (tertiary/aromatic N) is 2. The van der Waals surface area contributed by atoms with Crippen molar-refractivity contribution in [2.75, 3.05) is 25.5 Å². The zero-order valence-corrected chi connectivity index (χ0v) is 15.2. The minimum Gasteiger partial charge on any atom is -0.341 e. The molecule has 1 atom stereocenters. The molecule has 0 bridgehead atoms. The number of carbonyl (C=O) groups is 2. The van der Waals surface area contributed by atoms with Gasteiger partial charge in [0, 0.05) is 38.8 Å². The Morgan fingerprint density at radius 3 is 2.26 bits per heavy atom. The summed E-state index contributed by atoms with van der Waals surface area (Å²) in [5.41, 5.74) is 1.65. The van der Waals surface area contributed by atoms with Crippen molar-refractivity contribution in [3.05, 3.63) is 54.1 Å².